The number of benzene rings is 2. The van der Waals surface area contributed by atoms with Crippen molar-refractivity contribution in [1.82, 2.24) is 15.1 Å². The van der Waals surface area contributed by atoms with Crippen LogP contribution in [0.1, 0.15) is 68.8 Å². The predicted molar refractivity (Wildman–Crippen MR) is 185 cm³/mol. The second-order valence-electron chi connectivity index (χ2n) is 12.9. The molecule has 254 valence electrons. The molecule has 2 aromatic carbocycles. The zero-order valence-corrected chi connectivity index (χ0v) is 27.9. The lowest BCUT2D eigenvalue weighted by molar-refractivity contribution is 0.0635. The number of hydrogen-bond donors (Lipinski definition) is 3. The van der Waals surface area contributed by atoms with Crippen molar-refractivity contribution in [3.05, 3.63) is 108 Å². The number of nitrogens with one attached hydrogen (secondary N) is 3. The normalized spacial score (nSPS) is 16.0. The monoisotopic (exact) mass is 655 g/mol. The molecule has 0 bridgehead atoms. The second kappa shape index (κ2) is 16.2. The molecule has 0 aromatic heterocycles. The Labute approximate surface area is 282 Å². The van der Waals surface area contributed by atoms with E-state index in [1.54, 1.807) is 68.3 Å². The molecule has 0 unspecified atom stereocenters. The molecule has 0 radical (unpaired) electrons. The minimum atomic E-state index is -0.658. The van der Waals surface area contributed by atoms with Crippen LogP contribution in [0.3, 0.4) is 0 Å². The summed E-state index contributed by atoms with van der Waals surface area (Å²) in [6.45, 7) is 9.33. The number of allylic oxidation sites excluding steroid dienone is 4. The van der Waals surface area contributed by atoms with E-state index < -0.39 is 11.7 Å². The number of anilines is 2. The summed E-state index contributed by atoms with van der Waals surface area (Å²) < 4.78 is 16.8. The average molecular weight is 656 g/mol. The van der Waals surface area contributed by atoms with Crippen LogP contribution >= 0.6 is 0 Å². The Balaban J connectivity index is 1.21. The maximum atomic E-state index is 13.6. The number of nitrogens with zero attached hydrogens (tertiary/aromatic N) is 2. The van der Waals surface area contributed by atoms with Crippen molar-refractivity contribution in [2.24, 2.45) is 0 Å². The van der Waals surface area contributed by atoms with E-state index >= 15 is 0 Å². The van der Waals surface area contributed by atoms with Crippen molar-refractivity contribution in [1.29, 1.82) is 0 Å². The van der Waals surface area contributed by atoms with Crippen molar-refractivity contribution < 1.29 is 28.6 Å². The summed E-state index contributed by atoms with van der Waals surface area (Å²) >= 11 is 0. The van der Waals surface area contributed by atoms with Crippen LogP contribution in [0.4, 0.5) is 21.0 Å². The Morgan fingerprint density at radius 3 is 2.35 bits per heavy atom. The minimum absolute atomic E-state index is 0.228. The molecule has 3 N–H and O–H groups in total. The van der Waals surface area contributed by atoms with Crippen LogP contribution in [0.5, 0.6) is 0 Å². The van der Waals surface area contributed by atoms with Gasteiger partial charge in [0.05, 0.1) is 11.4 Å². The van der Waals surface area contributed by atoms with Crippen molar-refractivity contribution in [3.8, 4) is 0 Å². The van der Waals surface area contributed by atoms with E-state index in [0.29, 0.717) is 35.8 Å². The van der Waals surface area contributed by atoms with Gasteiger partial charge in [0.2, 0.25) is 5.88 Å². The summed E-state index contributed by atoms with van der Waals surface area (Å²) in [5.74, 6) is 0.467. The quantitative estimate of drug-likeness (QED) is 0.233. The van der Waals surface area contributed by atoms with E-state index in [2.05, 4.69) is 26.9 Å². The highest BCUT2D eigenvalue weighted by Crippen LogP contribution is 2.26. The Morgan fingerprint density at radius 2 is 1.67 bits per heavy atom. The molecule has 0 spiro atoms. The Kier molecular flexibility index (Phi) is 11.6. The maximum Gasteiger partial charge on any atom is 0.412 e. The van der Waals surface area contributed by atoms with Gasteiger partial charge in [0.15, 0.2) is 12.0 Å². The lowest BCUT2D eigenvalue weighted by atomic mass is 10.0. The minimum Gasteiger partial charge on any atom is -0.463 e. The molecule has 11 nitrogen and oxygen atoms in total. The summed E-state index contributed by atoms with van der Waals surface area (Å²) in [5, 5.41) is 8.44. The number of ether oxygens (including phenoxy) is 3. The van der Waals surface area contributed by atoms with E-state index in [9.17, 15) is 14.4 Å². The molecule has 1 fully saturated rings. The third-order valence-corrected chi connectivity index (χ3v) is 7.92. The molecule has 2 heterocycles. The number of rotatable bonds is 11. The van der Waals surface area contributed by atoms with Gasteiger partial charge in [-0.25, -0.2) is 9.59 Å². The number of likely N-dealkylation sites (tertiary alicyclic amines) is 1. The molecule has 2 aromatic rings. The molecule has 5 rings (SSSR count). The largest absolute Gasteiger partial charge is 0.463 e. The van der Waals surface area contributed by atoms with Gasteiger partial charge < -0.3 is 29.3 Å². The van der Waals surface area contributed by atoms with Crippen LogP contribution in [0.25, 0.3) is 0 Å². The standard InChI is InChI=1S/C37H45N5O6/c1-37(2,3)48-36(45)39-31-15-8-7-14-30(31)38-34(43)29-18-16-27(17-19-29)24-42(23-11-22-41-20-9-10-21-41)35(44)40-33-26-46-25-32(47-33)28-12-5-4-6-13-28/h4-5,7-8,12,14-19,25-26H,6,9-11,13,20-24H2,1-3H3,(H,38,43)(H,39,45)(H,40,44). The molecular weight excluding hydrogens is 610 g/mol. The zero-order valence-electron chi connectivity index (χ0n) is 27.9. The van der Waals surface area contributed by atoms with E-state index in [1.165, 1.54) is 19.1 Å². The van der Waals surface area contributed by atoms with Crippen molar-refractivity contribution >= 4 is 29.4 Å². The van der Waals surface area contributed by atoms with Gasteiger partial charge in [-0.15, -0.1) is 0 Å². The Bertz CT molecular complexity index is 1580. The molecule has 3 aliphatic rings. The Morgan fingerprint density at radius 1 is 0.938 bits per heavy atom. The van der Waals surface area contributed by atoms with Gasteiger partial charge in [-0.3, -0.25) is 15.4 Å². The van der Waals surface area contributed by atoms with Gasteiger partial charge in [0, 0.05) is 18.7 Å². The molecule has 1 aliphatic carbocycles. The van der Waals surface area contributed by atoms with Crippen LogP contribution in [-0.2, 0) is 20.8 Å². The first-order chi connectivity index (χ1) is 23.1. The van der Waals surface area contributed by atoms with Gasteiger partial charge >= 0.3 is 12.1 Å². The van der Waals surface area contributed by atoms with Crippen LogP contribution in [0.2, 0.25) is 0 Å². The molecule has 0 atom stereocenters. The fourth-order valence-corrected chi connectivity index (χ4v) is 5.55. The lowest BCUT2D eigenvalue weighted by Crippen LogP contribution is -2.41. The summed E-state index contributed by atoms with van der Waals surface area (Å²) in [6.07, 6.45) is 13.4. The summed E-state index contributed by atoms with van der Waals surface area (Å²) in [5.41, 5.74) is 2.51. The van der Waals surface area contributed by atoms with Crippen LogP contribution < -0.4 is 16.0 Å². The van der Waals surface area contributed by atoms with E-state index in [0.717, 1.165) is 50.0 Å². The van der Waals surface area contributed by atoms with Gasteiger partial charge in [-0.2, -0.15) is 0 Å². The van der Waals surface area contributed by atoms with Gasteiger partial charge in [-0.1, -0.05) is 42.5 Å². The smallest absolute Gasteiger partial charge is 0.412 e. The molecule has 0 saturated carbocycles. The fourth-order valence-electron chi connectivity index (χ4n) is 5.55. The third-order valence-electron chi connectivity index (χ3n) is 7.92. The highest BCUT2D eigenvalue weighted by atomic mass is 16.6. The second-order valence-corrected chi connectivity index (χ2v) is 12.9. The summed E-state index contributed by atoms with van der Waals surface area (Å²) in [7, 11) is 0. The van der Waals surface area contributed by atoms with E-state index in [4.69, 9.17) is 14.2 Å². The number of urea groups is 1. The third kappa shape index (κ3) is 10.2. The molecular formula is C37H45N5O6. The van der Waals surface area contributed by atoms with Gasteiger partial charge in [0.1, 0.15) is 11.9 Å². The SMILES string of the molecule is CC(C)(C)OC(=O)Nc1ccccc1NC(=O)c1ccc(CN(CCCN2CCCC2)C(=O)NC2=COC=C(C3=CC=CCC3)O2)cc1. The zero-order chi connectivity index (χ0) is 33.9. The van der Waals surface area contributed by atoms with Gasteiger partial charge in [0.25, 0.3) is 5.91 Å². The van der Waals surface area contributed by atoms with Gasteiger partial charge in [-0.05, 0) is 108 Å². The average Bonchev–Trinajstić information content (AvgIpc) is 3.59. The molecule has 48 heavy (non-hydrogen) atoms. The maximum absolute atomic E-state index is 13.6. The summed E-state index contributed by atoms with van der Waals surface area (Å²) in [6, 6.07) is 13.7. The number of amides is 4. The van der Waals surface area contributed by atoms with Crippen LogP contribution in [-0.4, -0.2) is 59.6 Å². The van der Waals surface area contributed by atoms with Crippen LogP contribution in [0.15, 0.2) is 96.5 Å². The van der Waals surface area contributed by atoms with E-state index in [1.807, 2.05) is 24.3 Å². The summed E-state index contributed by atoms with van der Waals surface area (Å²) in [4.78, 5) is 43.2. The number of hydrogen-bond acceptors (Lipinski definition) is 7. The van der Waals surface area contributed by atoms with Crippen LogP contribution in [0, 0.1) is 0 Å². The van der Waals surface area contributed by atoms with Crippen molar-refractivity contribution in [3.63, 3.8) is 0 Å². The van der Waals surface area contributed by atoms with E-state index in [-0.39, 0.29) is 17.8 Å². The lowest BCUT2D eigenvalue weighted by Gasteiger charge is -2.26. The highest BCUT2D eigenvalue weighted by Gasteiger charge is 2.22. The molecule has 2 aliphatic heterocycles. The predicted octanol–water partition coefficient (Wildman–Crippen LogP) is 7.25. The number of carbonyl (C=O) groups is 3. The fraction of sp³-hybridized carbons (Fsp3) is 0.378. The van der Waals surface area contributed by atoms with Crippen molar-refractivity contribution in [2.45, 2.75) is 65.0 Å². The molecule has 1 saturated heterocycles. The topological polar surface area (TPSA) is 121 Å². The van der Waals surface area contributed by atoms with Crippen molar-refractivity contribution in [2.75, 3.05) is 36.8 Å². The first kappa shape index (κ1) is 34.3. The Hall–Kier alpha value is -5.03. The number of para-hydroxylation sites is 2. The molecule has 11 heteroatoms. The highest BCUT2D eigenvalue weighted by molar-refractivity contribution is 6.06. The first-order valence-electron chi connectivity index (χ1n) is 16.5. The number of carbonyl (C=O) groups excluding carboxylic acids is 3. The first-order valence-corrected chi connectivity index (χ1v) is 16.5. The molecule has 4 amide bonds.